The van der Waals surface area contributed by atoms with Crippen LogP contribution in [-0.2, 0) is 6.42 Å². The van der Waals surface area contributed by atoms with Crippen molar-refractivity contribution in [3.63, 3.8) is 0 Å². The molecule has 0 saturated heterocycles. The molecular formula is C23H25N3O4. The number of benzene rings is 2. The van der Waals surface area contributed by atoms with Gasteiger partial charge in [0.25, 0.3) is 5.91 Å². The number of carbonyl (C=O) groups excluding carboxylic acids is 1. The minimum atomic E-state index is 0.0132. The van der Waals surface area contributed by atoms with E-state index in [-0.39, 0.29) is 12.7 Å². The molecule has 0 bridgehead atoms. The summed E-state index contributed by atoms with van der Waals surface area (Å²) in [7, 11) is 0. The summed E-state index contributed by atoms with van der Waals surface area (Å²) >= 11 is 0. The molecule has 156 valence electrons. The van der Waals surface area contributed by atoms with Crippen LogP contribution in [0.25, 0.3) is 11.4 Å². The molecule has 1 aromatic heterocycles. The highest BCUT2D eigenvalue weighted by atomic mass is 16.7. The Morgan fingerprint density at radius 1 is 1.10 bits per heavy atom. The van der Waals surface area contributed by atoms with Gasteiger partial charge < -0.3 is 18.9 Å². The van der Waals surface area contributed by atoms with Crippen LogP contribution < -0.4 is 9.47 Å². The average Bonchev–Trinajstić information content (AvgIpc) is 3.39. The van der Waals surface area contributed by atoms with E-state index in [2.05, 4.69) is 24.0 Å². The third kappa shape index (κ3) is 4.45. The van der Waals surface area contributed by atoms with Crippen molar-refractivity contribution < 1.29 is 18.8 Å². The lowest BCUT2D eigenvalue weighted by Gasteiger charge is -2.24. The minimum absolute atomic E-state index is 0.0132. The first kappa shape index (κ1) is 19.9. The number of fused-ring (bicyclic) bond motifs is 1. The summed E-state index contributed by atoms with van der Waals surface area (Å²) in [6.07, 6.45) is 0.488. The first-order chi connectivity index (χ1) is 14.5. The topological polar surface area (TPSA) is 77.7 Å². The van der Waals surface area contributed by atoms with Crippen LogP contribution in [0.2, 0.25) is 0 Å². The molecule has 0 spiro atoms. The van der Waals surface area contributed by atoms with Gasteiger partial charge in [0.05, 0.1) is 0 Å². The molecule has 0 unspecified atom stereocenters. The standard InChI is InChI=1S/C23H25N3O4/c1-15(2)13-26(23(27)17-6-4-16(3)5-7-17)11-10-21-24-22(25-30-21)18-8-9-19-20(12-18)29-14-28-19/h4-9,12,15H,10-11,13-14H2,1-3H3. The van der Waals surface area contributed by atoms with E-state index < -0.39 is 0 Å². The van der Waals surface area contributed by atoms with Gasteiger partial charge in [-0.15, -0.1) is 0 Å². The van der Waals surface area contributed by atoms with E-state index in [0.717, 1.165) is 11.1 Å². The van der Waals surface area contributed by atoms with Crippen LogP contribution in [0.1, 0.15) is 35.7 Å². The predicted molar refractivity (Wildman–Crippen MR) is 111 cm³/mol. The zero-order chi connectivity index (χ0) is 21.1. The molecule has 0 N–H and O–H groups in total. The van der Waals surface area contributed by atoms with E-state index in [9.17, 15) is 4.79 Å². The normalized spacial score (nSPS) is 12.4. The van der Waals surface area contributed by atoms with Crippen LogP contribution in [0.15, 0.2) is 47.0 Å². The number of aryl methyl sites for hydroxylation is 1. The largest absolute Gasteiger partial charge is 0.454 e. The molecule has 0 saturated carbocycles. The van der Waals surface area contributed by atoms with Crippen LogP contribution in [-0.4, -0.2) is 40.8 Å². The smallest absolute Gasteiger partial charge is 0.253 e. The Morgan fingerprint density at radius 3 is 2.63 bits per heavy atom. The van der Waals surface area contributed by atoms with Gasteiger partial charge in [0.1, 0.15) is 0 Å². The third-order valence-corrected chi connectivity index (χ3v) is 4.87. The number of ether oxygens (including phenoxy) is 2. The lowest BCUT2D eigenvalue weighted by atomic mass is 10.1. The Labute approximate surface area is 175 Å². The summed E-state index contributed by atoms with van der Waals surface area (Å²) < 4.78 is 16.2. The zero-order valence-electron chi connectivity index (χ0n) is 17.4. The second kappa shape index (κ2) is 8.57. The van der Waals surface area contributed by atoms with E-state index >= 15 is 0 Å². The molecule has 0 atom stereocenters. The third-order valence-electron chi connectivity index (χ3n) is 4.87. The van der Waals surface area contributed by atoms with Gasteiger partial charge in [0, 0.05) is 30.6 Å². The van der Waals surface area contributed by atoms with E-state index in [1.165, 1.54) is 0 Å². The monoisotopic (exact) mass is 407 g/mol. The van der Waals surface area contributed by atoms with Crippen molar-refractivity contribution in [1.29, 1.82) is 0 Å². The maximum absolute atomic E-state index is 13.0. The average molecular weight is 407 g/mol. The Morgan fingerprint density at radius 2 is 1.87 bits per heavy atom. The second-order valence-corrected chi connectivity index (χ2v) is 7.84. The molecule has 0 aliphatic carbocycles. The van der Waals surface area contributed by atoms with E-state index in [0.29, 0.717) is 54.2 Å². The van der Waals surface area contributed by atoms with Gasteiger partial charge in [-0.1, -0.05) is 36.7 Å². The fraction of sp³-hybridized carbons (Fsp3) is 0.348. The Kier molecular flexibility index (Phi) is 5.70. The van der Waals surface area contributed by atoms with Crippen molar-refractivity contribution in [2.45, 2.75) is 27.2 Å². The molecule has 0 fully saturated rings. The van der Waals surface area contributed by atoms with Gasteiger partial charge in [-0.2, -0.15) is 4.98 Å². The fourth-order valence-electron chi connectivity index (χ4n) is 3.34. The zero-order valence-corrected chi connectivity index (χ0v) is 17.4. The second-order valence-electron chi connectivity index (χ2n) is 7.84. The Hall–Kier alpha value is -3.35. The molecule has 1 amide bonds. The number of aromatic nitrogens is 2. The van der Waals surface area contributed by atoms with Crippen molar-refractivity contribution in [2.75, 3.05) is 19.9 Å². The molecule has 7 nitrogen and oxygen atoms in total. The number of carbonyl (C=O) groups is 1. The van der Waals surface area contributed by atoms with Crippen LogP contribution in [0.3, 0.4) is 0 Å². The van der Waals surface area contributed by atoms with Gasteiger partial charge in [-0.3, -0.25) is 4.79 Å². The maximum Gasteiger partial charge on any atom is 0.253 e. The van der Waals surface area contributed by atoms with Crippen molar-refractivity contribution in [2.24, 2.45) is 5.92 Å². The quantitative estimate of drug-likeness (QED) is 0.586. The SMILES string of the molecule is Cc1ccc(C(=O)N(CCc2nc(-c3ccc4c(c3)OCO4)no2)CC(C)C)cc1. The van der Waals surface area contributed by atoms with Gasteiger partial charge >= 0.3 is 0 Å². The van der Waals surface area contributed by atoms with E-state index in [4.69, 9.17) is 14.0 Å². The van der Waals surface area contributed by atoms with Crippen molar-refractivity contribution in [3.8, 4) is 22.9 Å². The maximum atomic E-state index is 13.0. The Bertz CT molecular complexity index is 1030. The molecule has 1 aliphatic heterocycles. The number of hydrogen-bond donors (Lipinski definition) is 0. The Balaban J connectivity index is 1.45. The summed E-state index contributed by atoms with van der Waals surface area (Å²) in [5.74, 6) is 2.73. The van der Waals surface area contributed by atoms with Crippen LogP contribution >= 0.6 is 0 Å². The highest BCUT2D eigenvalue weighted by Crippen LogP contribution is 2.35. The highest BCUT2D eigenvalue weighted by molar-refractivity contribution is 5.94. The lowest BCUT2D eigenvalue weighted by molar-refractivity contribution is 0.0734. The molecule has 7 heteroatoms. The van der Waals surface area contributed by atoms with Gasteiger partial charge in [-0.05, 0) is 43.2 Å². The van der Waals surface area contributed by atoms with Crippen LogP contribution in [0.5, 0.6) is 11.5 Å². The minimum Gasteiger partial charge on any atom is -0.454 e. The van der Waals surface area contributed by atoms with E-state index in [1.54, 1.807) is 0 Å². The van der Waals surface area contributed by atoms with Crippen molar-refractivity contribution in [3.05, 3.63) is 59.5 Å². The fourth-order valence-corrected chi connectivity index (χ4v) is 3.34. The number of hydrogen-bond acceptors (Lipinski definition) is 6. The first-order valence-electron chi connectivity index (χ1n) is 10.1. The molecule has 1 aliphatic rings. The van der Waals surface area contributed by atoms with Gasteiger partial charge in [-0.25, -0.2) is 0 Å². The summed E-state index contributed by atoms with van der Waals surface area (Å²) in [6.45, 7) is 7.59. The summed E-state index contributed by atoms with van der Waals surface area (Å²) in [6, 6.07) is 13.2. The molecule has 30 heavy (non-hydrogen) atoms. The van der Waals surface area contributed by atoms with Crippen molar-refractivity contribution >= 4 is 5.91 Å². The highest BCUT2D eigenvalue weighted by Gasteiger charge is 2.20. The molecule has 4 rings (SSSR count). The van der Waals surface area contributed by atoms with Gasteiger partial charge in [0.15, 0.2) is 11.5 Å². The summed E-state index contributed by atoms with van der Waals surface area (Å²) in [4.78, 5) is 19.3. The molecular weight excluding hydrogens is 382 g/mol. The van der Waals surface area contributed by atoms with Gasteiger partial charge in [0.2, 0.25) is 18.5 Å². The molecule has 0 radical (unpaired) electrons. The van der Waals surface area contributed by atoms with Crippen LogP contribution in [0.4, 0.5) is 0 Å². The van der Waals surface area contributed by atoms with E-state index in [1.807, 2.05) is 54.3 Å². The summed E-state index contributed by atoms with van der Waals surface area (Å²) in [5, 5.41) is 4.08. The lowest BCUT2D eigenvalue weighted by Crippen LogP contribution is -2.36. The summed E-state index contributed by atoms with van der Waals surface area (Å²) in [5.41, 5.74) is 2.61. The van der Waals surface area contributed by atoms with Crippen LogP contribution in [0, 0.1) is 12.8 Å². The first-order valence-corrected chi connectivity index (χ1v) is 10.1. The number of amides is 1. The number of rotatable bonds is 7. The molecule has 2 aromatic carbocycles. The number of nitrogens with zero attached hydrogens (tertiary/aromatic N) is 3. The predicted octanol–water partition coefficient (Wildman–Crippen LogP) is 4.11. The van der Waals surface area contributed by atoms with Crippen molar-refractivity contribution in [1.82, 2.24) is 15.0 Å². The molecule has 2 heterocycles. The molecule has 3 aromatic rings.